The van der Waals surface area contributed by atoms with E-state index in [0.717, 1.165) is 26.2 Å². The SMILES string of the molecule is Cc1cc(C)c2c(c1)C(=O)C(=O)N2Cc1sccc1Br. The van der Waals surface area contributed by atoms with Crippen LogP contribution < -0.4 is 4.90 Å². The van der Waals surface area contributed by atoms with Crippen molar-refractivity contribution in [3.05, 3.63) is 49.6 Å². The van der Waals surface area contributed by atoms with Gasteiger partial charge in [-0.05, 0) is 58.4 Å². The van der Waals surface area contributed by atoms with Crippen molar-refractivity contribution >= 4 is 44.6 Å². The maximum Gasteiger partial charge on any atom is 0.299 e. The number of thiophene rings is 1. The van der Waals surface area contributed by atoms with Crippen molar-refractivity contribution in [2.75, 3.05) is 4.90 Å². The lowest BCUT2D eigenvalue weighted by Gasteiger charge is -2.18. The second kappa shape index (κ2) is 4.82. The van der Waals surface area contributed by atoms with Crippen LogP contribution in [0.5, 0.6) is 0 Å². The molecule has 0 radical (unpaired) electrons. The van der Waals surface area contributed by atoms with Crippen molar-refractivity contribution in [3.63, 3.8) is 0 Å². The highest BCUT2D eigenvalue weighted by Gasteiger charge is 2.37. The molecule has 1 aliphatic rings. The molecule has 1 aliphatic heterocycles. The summed E-state index contributed by atoms with van der Waals surface area (Å²) in [5.41, 5.74) is 3.25. The Labute approximate surface area is 129 Å². The maximum atomic E-state index is 12.2. The highest BCUT2D eigenvalue weighted by atomic mass is 79.9. The summed E-state index contributed by atoms with van der Waals surface area (Å²) in [6.45, 7) is 4.30. The van der Waals surface area contributed by atoms with Crippen LogP contribution in [0.3, 0.4) is 0 Å². The summed E-state index contributed by atoms with van der Waals surface area (Å²) in [7, 11) is 0. The molecule has 102 valence electrons. The molecule has 0 aliphatic carbocycles. The summed E-state index contributed by atoms with van der Waals surface area (Å²) >= 11 is 5.04. The first-order chi connectivity index (χ1) is 9.49. The van der Waals surface area contributed by atoms with E-state index in [0.29, 0.717) is 12.1 Å². The van der Waals surface area contributed by atoms with Crippen LogP contribution >= 0.6 is 27.3 Å². The van der Waals surface area contributed by atoms with E-state index in [1.165, 1.54) is 0 Å². The number of carbonyl (C=O) groups excluding carboxylic acids is 2. The summed E-state index contributed by atoms with van der Waals surface area (Å²) in [6.07, 6.45) is 0. The molecule has 2 heterocycles. The lowest BCUT2D eigenvalue weighted by atomic mass is 10.0. The van der Waals surface area contributed by atoms with Gasteiger partial charge in [-0.2, -0.15) is 0 Å². The summed E-state index contributed by atoms with van der Waals surface area (Å²) in [5.74, 6) is -0.839. The first-order valence-corrected chi connectivity index (χ1v) is 7.85. The van der Waals surface area contributed by atoms with E-state index in [2.05, 4.69) is 15.9 Å². The van der Waals surface area contributed by atoms with Crippen LogP contribution in [0, 0.1) is 13.8 Å². The number of hydrogen-bond donors (Lipinski definition) is 0. The lowest BCUT2D eigenvalue weighted by Crippen LogP contribution is -2.29. The number of rotatable bonds is 2. The second-order valence-corrected chi connectivity index (χ2v) is 6.75. The molecule has 0 spiro atoms. The van der Waals surface area contributed by atoms with Gasteiger partial charge in [0, 0.05) is 9.35 Å². The average Bonchev–Trinajstić information content (AvgIpc) is 2.88. The topological polar surface area (TPSA) is 37.4 Å². The van der Waals surface area contributed by atoms with Gasteiger partial charge in [-0.1, -0.05) is 6.07 Å². The molecule has 0 N–H and O–H groups in total. The van der Waals surface area contributed by atoms with E-state index in [1.807, 2.05) is 31.4 Å². The van der Waals surface area contributed by atoms with Gasteiger partial charge >= 0.3 is 0 Å². The van der Waals surface area contributed by atoms with Crippen molar-refractivity contribution < 1.29 is 9.59 Å². The Morgan fingerprint density at radius 2 is 2.00 bits per heavy atom. The van der Waals surface area contributed by atoms with Gasteiger partial charge in [0.05, 0.1) is 17.8 Å². The first kappa shape index (κ1) is 13.5. The van der Waals surface area contributed by atoms with Crippen LogP contribution in [-0.4, -0.2) is 11.7 Å². The molecule has 0 saturated heterocycles. The number of nitrogens with zero attached hydrogens (tertiary/aromatic N) is 1. The number of anilines is 1. The summed E-state index contributed by atoms with van der Waals surface area (Å²) in [6, 6.07) is 5.75. The molecule has 0 saturated carbocycles. The molecule has 1 aromatic heterocycles. The van der Waals surface area contributed by atoms with Crippen LogP contribution in [-0.2, 0) is 11.3 Å². The van der Waals surface area contributed by atoms with E-state index in [9.17, 15) is 9.59 Å². The predicted octanol–water partition coefficient (Wildman–Crippen LogP) is 3.86. The van der Waals surface area contributed by atoms with E-state index < -0.39 is 11.7 Å². The Hall–Kier alpha value is -1.46. The summed E-state index contributed by atoms with van der Waals surface area (Å²) < 4.78 is 0.973. The zero-order valence-electron chi connectivity index (χ0n) is 11.1. The number of halogens is 1. The number of fused-ring (bicyclic) bond motifs is 1. The fourth-order valence-electron chi connectivity index (χ4n) is 2.56. The first-order valence-electron chi connectivity index (χ1n) is 6.18. The largest absolute Gasteiger partial charge is 0.299 e. The monoisotopic (exact) mass is 349 g/mol. The highest BCUT2D eigenvalue weighted by Crippen LogP contribution is 2.36. The molecule has 1 amide bonds. The zero-order valence-corrected chi connectivity index (χ0v) is 13.5. The molecule has 3 rings (SSSR count). The van der Waals surface area contributed by atoms with Crippen molar-refractivity contribution in [3.8, 4) is 0 Å². The molecule has 2 aromatic rings. The quantitative estimate of drug-likeness (QED) is 0.772. The van der Waals surface area contributed by atoms with Gasteiger partial charge in [-0.3, -0.25) is 14.5 Å². The minimum Gasteiger partial charge on any atom is -0.299 e. The highest BCUT2D eigenvalue weighted by molar-refractivity contribution is 9.10. The number of Topliss-reactive ketones (excluding diaryl/α,β-unsaturated/α-hetero) is 1. The van der Waals surface area contributed by atoms with E-state index in [1.54, 1.807) is 22.3 Å². The summed E-state index contributed by atoms with van der Waals surface area (Å²) in [4.78, 5) is 27.0. The average molecular weight is 350 g/mol. The predicted molar refractivity (Wildman–Crippen MR) is 83.5 cm³/mol. The third-order valence-corrected chi connectivity index (χ3v) is 5.30. The standard InChI is InChI=1S/C15H12BrNO2S/c1-8-5-9(2)13-10(6-8)14(18)15(19)17(13)7-12-11(16)3-4-20-12/h3-6H,7H2,1-2H3. The maximum absolute atomic E-state index is 12.2. The number of amides is 1. The molecular formula is C15H12BrNO2S. The van der Waals surface area contributed by atoms with E-state index >= 15 is 0 Å². The Balaban J connectivity index is 2.09. The zero-order chi connectivity index (χ0) is 14.4. The van der Waals surface area contributed by atoms with E-state index in [-0.39, 0.29) is 0 Å². The van der Waals surface area contributed by atoms with Crippen molar-refractivity contribution in [2.24, 2.45) is 0 Å². The number of benzene rings is 1. The molecule has 0 bridgehead atoms. The van der Waals surface area contributed by atoms with Crippen molar-refractivity contribution in [2.45, 2.75) is 20.4 Å². The normalized spacial score (nSPS) is 14.1. The van der Waals surface area contributed by atoms with Crippen LogP contribution in [0.4, 0.5) is 5.69 Å². The third-order valence-electron chi connectivity index (χ3n) is 3.39. The minimum atomic E-state index is -0.436. The molecular weight excluding hydrogens is 338 g/mol. The molecule has 20 heavy (non-hydrogen) atoms. The van der Waals surface area contributed by atoms with Gasteiger partial charge < -0.3 is 0 Å². The molecule has 5 heteroatoms. The Morgan fingerprint density at radius 1 is 1.25 bits per heavy atom. The van der Waals surface area contributed by atoms with Gasteiger partial charge in [-0.25, -0.2) is 0 Å². The Morgan fingerprint density at radius 3 is 2.65 bits per heavy atom. The van der Waals surface area contributed by atoms with Crippen molar-refractivity contribution in [1.82, 2.24) is 0 Å². The molecule has 1 aromatic carbocycles. The molecule has 3 nitrogen and oxygen atoms in total. The molecule has 0 atom stereocenters. The molecule has 0 unspecified atom stereocenters. The smallest absolute Gasteiger partial charge is 0.299 e. The number of hydrogen-bond acceptors (Lipinski definition) is 3. The van der Waals surface area contributed by atoms with Gasteiger partial charge in [-0.15, -0.1) is 11.3 Å². The number of carbonyl (C=O) groups is 2. The minimum absolute atomic E-state index is 0.403. The molecule has 0 fully saturated rings. The fraction of sp³-hybridized carbons (Fsp3) is 0.200. The third kappa shape index (κ3) is 2.01. The Bertz CT molecular complexity index is 735. The van der Waals surface area contributed by atoms with Crippen LogP contribution in [0.15, 0.2) is 28.1 Å². The van der Waals surface area contributed by atoms with Crippen LogP contribution in [0.2, 0.25) is 0 Å². The van der Waals surface area contributed by atoms with Gasteiger partial charge in [0.1, 0.15) is 0 Å². The lowest BCUT2D eigenvalue weighted by molar-refractivity contribution is -0.114. The van der Waals surface area contributed by atoms with Crippen molar-refractivity contribution in [1.29, 1.82) is 0 Å². The number of aryl methyl sites for hydroxylation is 2. The summed E-state index contributed by atoms with van der Waals surface area (Å²) in [5, 5.41) is 1.96. The van der Waals surface area contributed by atoms with Gasteiger partial charge in [0.15, 0.2) is 0 Å². The Kier molecular flexibility index (Phi) is 3.26. The van der Waals surface area contributed by atoms with Gasteiger partial charge in [0.2, 0.25) is 0 Å². The second-order valence-electron chi connectivity index (χ2n) is 4.89. The van der Waals surface area contributed by atoms with Crippen LogP contribution in [0.25, 0.3) is 0 Å². The van der Waals surface area contributed by atoms with Gasteiger partial charge in [0.25, 0.3) is 11.7 Å². The van der Waals surface area contributed by atoms with E-state index in [4.69, 9.17) is 0 Å². The van der Waals surface area contributed by atoms with Crippen LogP contribution in [0.1, 0.15) is 26.4 Å². The number of ketones is 1. The fourth-order valence-corrected chi connectivity index (χ4v) is 4.03.